The summed E-state index contributed by atoms with van der Waals surface area (Å²) in [6.45, 7) is 1.68. The zero-order valence-electron chi connectivity index (χ0n) is 24.7. The SMILES string of the molecule is O=C(O)CCSCc1cccc(C(=O)Nc2ccc(N3CCCCC3)cc2C(=O)Nc2ccn(-c3cccc(C(F)(F)F)c3)n2)c1. The number of aromatic nitrogens is 2. The minimum Gasteiger partial charge on any atom is -0.481 e. The minimum absolute atomic E-state index is 0.0502. The second-order valence-electron chi connectivity index (χ2n) is 10.8. The summed E-state index contributed by atoms with van der Waals surface area (Å²) in [5.74, 6) is -0.726. The summed E-state index contributed by atoms with van der Waals surface area (Å²) < 4.78 is 40.9. The second-order valence-corrected chi connectivity index (χ2v) is 11.9. The average molecular weight is 652 g/mol. The summed E-state index contributed by atoms with van der Waals surface area (Å²) in [4.78, 5) is 39.9. The average Bonchev–Trinajstić information content (AvgIpc) is 3.52. The Morgan fingerprint density at radius 2 is 1.65 bits per heavy atom. The molecule has 1 aliphatic heterocycles. The highest BCUT2D eigenvalue weighted by Gasteiger charge is 2.30. The molecule has 1 aliphatic rings. The van der Waals surface area contributed by atoms with Crippen LogP contribution in [-0.2, 0) is 16.7 Å². The van der Waals surface area contributed by atoms with Crippen LogP contribution in [0, 0.1) is 0 Å². The Labute approximate surface area is 267 Å². The lowest BCUT2D eigenvalue weighted by atomic mass is 10.1. The van der Waals surface area contributed by atoms with Crippen molar-refractivity contribution in [3.63, 3.8) is 0 Å². The van der Waals surface area contributed by atoms with Crippen molar-refractivity contribution in [2.45, 2.75) is 37.6 Å². The zero-order valence-corrected chi connectivity index (χ0v) is 25.5. The van der Waals surface area contributed by atoms with Crippen molar-refractivity contribution >= 4 is 46.7 Å². The largest absolute Gasteiger partial charge is 0.481 e. The third-order valence-electron chi connectivity index (χ3n) is 7.40. The van der Waals surface area contributed by atoms with Gasteiger partial charge in [0.1, 0.15) is 0 Å². The molecule has 1 fully saturated rings. The van der Waals surface area contributed by atoms with Crippen molar-refractivity contribution in [2.75, 3.05) is 34.4 Å². The molecule has 5 rings (SSSR count). The first kappa shape index (κ1) is 32.6. The van der Waals surface area contributed by atoms with Crippen LogP contribution >= 0.6 is 11.8 Å². The van der Waals surface area contributed by atoms with E-state index < -0.39 is 29.5 Å². The van der Waals surface area contributed by atoms with Crippen LogP contribution in [0.5, 0.6) is 0 Å². The monoisotopic (exact) mass is 651 g/mol. The van der Waals surface area contributed by atoms with E-state index in [2.05, 4.69) is 20.6 Å². The number of carbonyl (C=O) groups is 3. The van der Waals surface area contributed by atoms with Crippen molar-refractivity contribution in [2.24, 2.45) is 0 Å². The number of benzene rings is 3. The van der Waals surface area contributed by atoms with Gasteiger partial charge in [-0.05, 0) is 73.4 Å². The third kappa shape index (κ3) is 8.47. The van der Waals surface area contributed by atoms with Gasteiger partial charge >= 0.3 is 12.1 Å². The van der Waals surface area contributed by atoms with Crippen molar-refractivity contribution < 1.29 is 32.7 Å². The summed E-state index contributed by atoms with van der Waals surface area (Å²) >= 11 is 1.46. The van der Waals surface area contributed by atoms with E-state index in [4.69, 9.17) is 5.11 Å². The van der Waals surface area contributed by atoms with Gasteiger partial charge in [-0.25, -0.2) is 4.68 Å². The van der Waals surface area contributed by atoms with Crippen LogP contribution in [0.3, 0.4) is 0 Å². The Morgan fingerprint density at radius 3 is 2.41 bits per heavy atom. The molecule has 9 nitrogen and oxygen atoms in total. The summed E-state index contributed by atoms with van der Waals surface area (Å²) in [5, 5.41) is 18.7. The number of anilines is 3. The van der Waals surface area contributed by atoms with E-state index in [1.54, 1.807) is 30.3 Å². The Hall–Kier alpha value is -4.78. The van der Waals surface area contributed by atoms with Gasteiger partial charge in [-0.3, -0.25) is 14.4 Å². The van der Waals surface area contributed by atoms with Crippen molar-refractivity contribution in [3.8, 4) is 5.69 Å². The molecule has 0 bridgehead atoms. The fourth-order valence-corrected chi connectivity index (χ4v) is 5.95. The molecular weight excluding hydrogens is 619 g/mol. The van der Waals surface area contributed by atoms with Crippen LogP contribution in [0.4, 0.5) is 30.4 Å². The number of amides is 2. The molecule has 0 radical (unpaired) electrons. The van der Waals surface area contributed by atoms with Gasteiger partial charge in [0.2, 0.25) is 0 Å². The Kier molecular flexibility index (Phi) is 10.3. The zero-order chi connectivity index (χ0) is 32.7. The van der Waals surface area contributed by atoms with Gasteiger partial charge in [0.15, 0.2) is 5.82 Å². The molecule has 0 saturated carbocycles. The van der Waals surface area contributed by atoms with Crippen LogP contribution in [0.2, 0.25) is 0 Å². The number of carboxylic acid groups (broad SMARTS) is 1. The Bertz CT molecular complexity index is 1720. The third-order valence-corrected chi connectivity index (χ3v) is 8.43. The van der Waals surface area contributed by atoms with Gasteiger partial charge in [0, 0.05) is 48.1 Å². The topological polar surface area (TPSA) is 117 Å². The predicted octanol–water partition coefficient (Wildman–Crippen LogP) is 7.09. The maximum absolute atomic E-state index is 13.6. The fraction of sp³-hybridized carbons (Fsp3) is 0.273. The number of rotatable bonds is 11. The molecule has 0 aliphatic carbocycles. The quantitative estimate of drug-likeness (QED) is 0.148. The van der Waals surface area contributed by atoms with E-state index in [1.807, 2.05) is 12.1 Å². The van der Waals surface area contributed by atoms with E-state index in [0.717, 1.165) is 55.7 Å². The van der Waals surface area contributed by atoms with Gasteiger partial charge in [-0.15, -0.1) is 0 Å². The number of halogens is 3. The molecule has 1 aromatic heterocycles. The maximum atomic E-state index is 13.6. The van der Waals surface area contributed by atoms with Crippen LogP contribution in [0.1, 0.15) is 57.5 Å². The molecule has 0 unspecified atom stereocenters. The fourth-order valence-electron chi connectivity index (χ4n) is 5.07. The number of nitrogens with zero attached hydrogens (tertiary/aromatic N) is 3. The van der Waals surface area contributed by atoms with Crippen molar-refractivity contribution in [3.05, 3.63) is 101 Å². The van der Waals surface area contributed by atoms with E-state index in [1.165, 1.54) is 40.8 Å². The lowest BCUT2D eigenvalue weighted by Gasteiger charge is -2.29. The number of nitrogens with one attached hydrogen (secondary N) is 2. The number of alkyl halides is 3. The number of aliphatic carboxylic acids is 1. The summed E-state index contributed by atoms with van der Waals surface area (Å²) in [6.07, 6.45) is 0.168. The number of hydrogen-bond donors (Lipinski definition) is 3. The highest BCUT2D eigenvalue weighted by Crippen LogP contribution is 2.31. The molecule has 13 heteroatoms. The highest BCUT2D eigenvalue weighted by molar-refractivity contribution is 7.98. The van der Waals surface area contributed by atoms with E-state index >= 15 is 0 Å². The molecule has 240 valence electrons. The molecular formula is C33H32F3N5O4S. The van der Waals surface area contributed by atoms with Crippen LogP contribution in [0.15, 0.2) is 79.0 Å². The summed E-state index contributed by atoms with van der Waals surface area (Å²) in [5.41, 5.74) is 1.91. The highest BCUT2D eigenvalue weighted by atomic mass is 32.2. The van der Waals surface area contributed by atoms with Gasteiger partial charge in [-0.2, -0.15) is 30.0 Å². The maximum Gasteiger partial charge on any atom is 0.416 e. The number of carbonyl (C=O) groups excluding carboxylic acids is 2. The normalized spacial score (nSPS) is 13.3. The predicted molar refractivity (Wildman–Crippen MR) is 172 cm³/mol. The van der Waals surface area contributed by atoms with Crippen LogP contribution < -0.4 is 15.5 Å². The Morgan fingerprint density at radius 1 is 0.870 bits per heavy atom. The molecule has 0 atom stereocenters. The number of thioether (sulfide) groups is 1. The van der Waals surface area contributed by atoms with Crippen LogP contribution in [-0.4, -0.2) is 51.5 Å². The standard InChI is InChI=1S/C33H32F3N5O4S/c34-33(35,36)24-8-5-9-26(19-24)41-16-12-29(39-41)38-32(45)27-20-25(40-14-2-1-3-15-40)10-11-28(27)37-31(44)23-7-4-6-22(18-23)21-46-17-13-30(42)43/h4-12,16,18-20H,1-3,13-15,17,21H2,(H,37,44)(H,42,43)(H,38,39,45). The number of piperidine rings is 1. The smallest absolute Gasteiger partial charge is 0.416 e. The first-order valence-corrected chi connectivity index (χ1v) is 15.9. The van der Waals surface area contributed by atoms with Gasteiger partial charge < -0.3 is 20.6 Å². The van der Waals surface area contributed by atoms with E-state index in [0.29, 0.717) is 17.1 Å². The Balaban J connectivity index is 1.36. The van der Waals surface area contributed by atoms with Gasteiger partial charge in [0.25, 0.3) is 11.8 Å². The molecule has 2 heterocycles. The van der Waals surface area contributed by atoms with Gasteiger partial charge in [-0.1, -0.05) is 18.2 Å². The second kappa shape index (κ2) is 14.5. The summed E-state index contributed by atoms with van der Waals surface area (Å²) in [6, 6.07) is 18.4. The van der Waals surface area contributed by atoms with Crippen LogP contribution in [0.25, 0.3) is 5.69 Å². The van der Waals surface area contributed by atoms with Crippen molar-refractivity contribution in [1.82, 2.24) is 9.78 Å². The number of carboxylic acids is 1. The molecule has 4 aromatic rings. The van der Waals surface area contributed by atoms with Crippen molar-refractivity contribution in [1.29, 1.82) is 0 Å². The molecule has 3 aromatic carbocycles. The summed E-state index contributed by atoms with van der Waals surface area (Å²) in [7, 11) is 0. The molecule has 0 spiro atoms. The minimum atomic E-state index is -4.51. The lowest BCUT2D eigenvalue weighted by Crippen LogP contribution is -2.29. The molecule has 46 heavy (non-hydrogen) atoms. The molecule has 2 amide bonds. The first-order valence-electron chi connectivity index (χ1n) is 14.7. The van der Waals surface area contributed by atoms with E-state index in [-0.39, 0.29) is 29.2 Å². The van der Waals surface area contributed by atoms with Gasteiger partial charge in [0.05, 0.1) is 28.9 Å². The molecule has 3 N–H and O–H groups in total. The lowest BCUT2D eigenvalue weighted by molar-refractivity contribution is -0.138. The van der Waals surface area contributed by atoms with E-state index in [9.17, 15) is 27.6 Å². The first-order chi connectivity index (χ1) is 22.1. The molecule has 1 saturated heterocycles. The number of hydrogen-bond acceptors (Lipinski definition) is 6.